The van der Waals surface area contributed by atoms with Crippen LogP contribution in [0.3, 0.4) is 0 Å². The van der Waals surface area contributed by atoms with Crippen LogP contribution in [0.4, 0.5) is 0 Å². The zero-order valence-corrected chi connectivity index (χ0v) is 5.00. The molecule has 0 aromatic rings. The fraction of sp³-hybridized carbons (Fsp3) is 0.667. The Bertz CT molecular complexity index is 99.1. The Labute approximate surface area is 51.5 Å². The maximum Gasteiger partial charge on any atom is 0.173 e. The maximum absolute atomic E-state index is 5.52. The topological polar surface area (TPSA) is 24.4 Å². The summed E-state index contributed by atoms with van der Waals surface area (Å²) in [6.45, 7) is 0.510. The van der Waals surface area contributed by atoms with Gasteiger partial charge in [0, 0.05) is 0 Å². The molecule has 2 nitrogen and oxygen atoms in total. The first-order valence-corrected chi connectivity index (χ1v) is 2.61. The van der Waals surface area contributed by atoms with Crippen LogP contribution in [0.1, 0.15) is 0 Å². The van der Waals surface area contributed by atoms with Crippen LogP contribution in [0.25, 0.3) is 0 Å². The second-order valence-corrected chi connectivity index (χ2v) is 2.90. The Morgan fingerprint density at radius 1 is 1.71 bits per heavy atom. The van der Waals surface area contributed by atoms with Gasteiger partial charge in [0.05, 0.1) is 12.8 Å². The molecule has 0 saturated heterocycles. The first-order valence-electron chi connectivity index (χ1n) is 1.86. The van der Waals surface area contributed by atoms with Crippen molar-refractivity contribution in [2.45, 2.75) is 4.33 Å². The third kappa shape index (κ3) is 1.21. The molecule has 1 heterocycles. The molecule has 0 radical (unpaired) electrons. The van der Waals surface area contributed by atoms with Crippen LogP contribution in [-0.2, 0) is 0 Å². The van der Waals surface area contributed by atoms with Crippen molar-refractivity contribution in [2.75, 3.05) is 6.54 Å². The van der Waals surface area contributed by atoms with E-state index >= 15 is 0 Å². The Morgan fingerprint density at radius 3 is 2.57 bits per heavy atom. The molecule has 0 aliphatic carbocycles. The standard InChI is InChI=1S/C3H4Cl2N2/c4-3(5)1-6-7-2-3/h1,7H,2H2. The second-order valence-electron chi connectivity index (χ2n) is 1.35. The fourth-order valence-electron chi connectivity index (χ4n) is 0.337. The molecule has 0 fully saturated rings. The minimum Gasteiger partial charge on any atom is -0.307 e. The van der Waals surface area contributed by atoms with Crippen molar-refractivity contribution < 1.29 is 0 Å². The summed E-state index contributed by atoms with van der Waals surface area (Å²) in [6, 6.07) is 0. The van der Waals surface area contributed by atoms with Gasteiger partial charge in [-0.2, -0.15) is 5.10 Å². The molecule has 0 aromatic heterocycles. The van der Waals surface area contributed by atoms with Crippen LogP contribution >= 0.6 is 23.2 Å². The van der Waals surface area contributed by atoms with E-state index in [4.69, 9.17) is 23.2 Å². The van der Waals surface area contributed by atoms with E-state index in [0.717, 1.165) is 0 Å². The molecule has 4 heteroatoms. The van der Waals surface area contributed by atoms with Gasteiger partial charge in [-0.25, -0.2) is 0 Å². The molecule has 0 saturated carbocycles. The van der Waals surface area contributed by atoms with Crippen LogP contribution < -0.4 is 5.43 Å². The van der Waals surface area contributed by atoms with Crippen molar-refractivity contribution in [1.82, 2.24) is 5.43 Å². The minimum atomic E-state index is -0.764. The molecular weight excluding hydrogens is 135 g/mol. The largest absolute Gasteiger partial charge is 0.307 e. The maximum atomic E-state index is 5.52. The highest BCUT2D eigenvalue weighted by Gasteiger charge is 2.24. The molecule has 1 aliphatic rings. The highest BCUT2D eigenvalue weighted by molar-refractivity contribution is 6.56. The van der Waals surface area contributed by atoms with Gasteiger partial charge in [0.1, 0.15) is 0 Å². The van der Waals surface area contributed by atoms with Gasteiger partial charge in [-0.05, 0) is 0 Å². The number of halogens is 2. The number of nitrogens with one attached hydrogen (secondary N) is 1. The van der Waals surface area contributed by atoms with E-state index in [1.165, 1.54) is 6.21 Å². The van der Waals surface area contributed by atoms with E-state index in [-0.39, 0.29) is 0 Å². The highest BCUT2D eigenvalue weighted by atomic mass is 35.5. The number of hydrogen-bond donors (Lipinski definition) is 1. The van der Waals surface area contributed by atoms with Crippen LogP contribution in [0.5, 0.6) is 0 Å². The lowest BCUT2D eigenvalue weighted by Crippen LogP contribution is -2.19. The summed E-state index contributed by atoms with van der Waals surface area (Å²) in [5.74, 6) is 0. The summed E-state index contributed by atoms with van der Waals surface area (Å²) in [5.41, 5.74) is 2.62. The van der Waals surface area contributed by atoms with E-state index < -0.39 is 4.33 Å². The fourth-order valence-corrected chi connectivity index (χ4v) is 0.554. The van der Waals surface area contributed by atoms with E-state index in [2.05, 4.69) is 10.5 Å². The summed E-state index contributed by atoms with van der Waals surface area (Å²) in [6.07, 6.45) is 1.47. The Hall–Kier alpha value is 0.0500. The minimum absolute atomic E-state index is 0.510. The second kappa shape index (κ2) is 1.53. The van der Waals surface area contributed by atoms with Gasteiger partial charge in [-0.1, -0.05) is 23.2 Å². The van der Waals surface area contributed by atoms with Gasteiger partial charge in [0.2, 0.25) is 0 Å². The summed E-state index contributed by atoms with van der Waals surface area (Å²) < 4.78 is -0.764. The molecule has 0 atom stereocenters. The number of rotatable bonds is 0. The van der Waals surface area contributed by atoms with E-state index in [9.17, 15) is 0 Å². The molecule has 0 aromatic carbocycles. The quantitative estimate of drug-likeness (QED) is 0.492. The first kappa shape index (κ1) is 5.19. The zero-order chi connectivity index (χ0) is 5.33. The molecular formula is C3H4Cl2N2. The van der Waals surface area contributed by atoms with Crippen LogP contribution in [0.2, 0.25) is 0 Å². The first-order chi connectivity index (χ1) is 3.21. The third-order valence-corrected chi connectivity index (χ3v) is 1.12. The molecule has 7 heavy (non-hydrogen) atoms. The Kier molecular flexibility index (Phi) is 1.13. The number of hydrogen-bond acceptors (Lipinski definition) is 2. The third-order valence-electron chi connectivity index (χ3n) is 0.659. The van der Waals surface area contributed by atoms with Gasteiger partial charge in [0.25, 0.3) is 0 Å². The average Bonchev–Trinajstić information content (AvgIpc) is 1.84. The van der Waals surface area contributed by atoms with Crippen molar-refractivity contribution in [1.29, 1.82) is 0 Å². The van der Waals surface area contributed by atoms with Gasteiger partial charge in [-0.15, -0.1) is 0 Å². The van der Waals surface area contributed by atoms with E-state index in [1.54, 1.807) is 0 Å². The van der Waals surface area contributed by atoms with Gasteiger partial charge >= 0.3 is 0 Å². The zero-order valence-electron chi connectivity index (χ0n) is 3.49. The Balaban J connectivity index is 2.57. The predicted octanol–water partition coefficient (Wildman–Crippen LogP) is 0.749. The van der Waals surface area contributed by atoms with Gasteiger partial charge in [-0.3, -0.25) is 0 Å². The van der Waals surface area contributed by atoms with Crippen molar-refractivity contribution in [3.05, 3.63) is 0 Å². The monoisotopic (exact) mass is 138 g/mol. The number of alkyl halides is 2. The molecule has 0 amide bonds. The molecule has 40 valence electrons. The van der Waals surface area contributed by atoms with Crippen molar-refractivity contribution in [2.24, 2.45) is 5.10 Å². The average molecular weight is 139 g/mol. The van der Waals surface area contributed by atoms with Gasteiger partial charge in [0.15, 0.2) is 4.33 Å². The molecule has 1 aliphatic heterocycles. The molecule has 1 N–H and O–H groups in total. The summed E-state index contributed by atoms with van der Waals surface area (Å²) in [7, 11) is 0. The summed E-state index contributed by atoms with van der Waals surface area (Å²) in [5, 5.41) is 3.60. The van der Waals surface area contributed by atoms with Crippen LogP contribution in [0, 0.1) is 0 Å². The normalized spacial score (nSPS) is 24.9. The lowest BCUT2D eigenvalue weighted by Gasteiger charge is -2.02. The van der Waals surface area contributed by atoms with Gasteiger partial charge < -0.3 is 5.43 Å². The van der Waals surface area contributed by atoms with Crippen molar-refractivity contribution in [3.63, 3.8) is 0 Å². The molecule has 0 bridgehead atoms. The number of hydrazone groups is 1. The molecule has 0 unspecified atom stereocenters. The van der Waals surface area contributed by atoms with Crippen LogP contribution in [-0.4, -0.2) is 17.1 Å². The predicted molar refractivity (Wildman–Crippen MR) is 30.9 cm³/mol. The van der Waals surface area contributed by atoms with Crippen LogP contribution in [0.15, 0.2) is 5.10 Å². The number of nitrogens with zero attached hydrogens (tertiary/aromatic N) is 1. The van der Waals surface area contributed by atoms with E-state index in [1.807, 2.05) is 0 Å². The lowest BCUT2D eigenvalue weighted by molar-refractivity contribution is 0.796. The lowest BCUT2D eigenvalue weighted by atomic mass is 10.5. The van der Waals surface area contributed by atoms with E-state index in [0.29, 0.717) is 6.54 Å². The highest BCUT2D eigenvalue weighted by Crippen LogP contribution is 2.18. The van der Waals surface area contributed by atoms with Crippen molar-refractivity contribution in [3.8, 4) is 0 Å². The Morgan fingerprint density at radius 2 is 2.43 bits per heavy atom. The SMILES string of the molecule is ClC1(Cl)C=NNC1. The summed E-state index contributed by atoms with van der Waals surface area (Å²) >= 11 is 11.0. The summed E-state index contributed by atoms with van der Waals surface area (Å²) in [4.78, 5) is 0. The van der Waals surface area contributed by atoms with Crippen molar-refractivity contribution >= 4 is 29.4 Å². The molecule has 1 rings (SSSR count). The smallest absolute Gasteiger partial charge is 0.173 e. The molecule has 0 spiro atoms.